The van der Waals surface area contributed by atoms with Crippen LogP contribution in [0.4, 0.5) is 10.5 Å². The van der Waals surface area contributed by atoms with Gasteiger partial charge in [-0.2, -0.15) is 0 Å². The predicted octanol–water partition coefficient (Wildman–Crippen LogP) is 2.98. The molecule has 1 N–H and O–H groups in total. The summed E-state index contributed by atoms with van der Waals surface area (Å²) in [5, 5.41) is 2.88. The van der Waals surface area contributed by atoms with Crippen molar-refractivity contribution in [2.75, 3.05) is 12.0 Å². The number of fused-ring (bicyclic) bond motifs is 1. The number of anilines is 1. The van der Waals surface area contributed by atoms with Gasteiger partial charge in [-0.1, -0.05) is 30.3 Å². The molecule has 0 atom stereocenters. The Balaban J connectivity index is 1.85. The third kappa shape index (κ3) is 3.04. The topological polar surface area (TPSA) is 97.7 Å². The normalized spacial score (nSPS) is 15.6. The number of amides is 4. The van der Waals surface area contributed by atoms with Crippen LogP contribution >= 0.6 is 0 Å². The van der Waals surface area contributed by atoms with E-state index in [4.69, 9.17) is 4.74 Å². The van der Waals surface area contributed by atoms with Crippen LogP contribution in [0.15, 0.2) is 60.3 Å². The molecule has 1 fully saturated rings. The van der Waals surface area contributed by atoms with Gasteiger partial charge in [0.25, 0.3) is 11.8 Å². The van der Waals surface area contributed by atoms with Gasteiger partial charge in [0.2, 0.25) is 5.91 Å². The molecule has 0 bridgehead atoms. The van der Waals surface area contributed by atoms with Gasteiger partial charge in [-0.25, -0.2) is 9.69 Å². The minimum Gasteiger partial charge on any atom is -0.495 e. The molecular weight excluding hydrogens is 386 g/mol. The third-order valence-electron chi connectivity index (χ3n) is 4.81. The van der Waals surface area contributed by atoms with Crippen molar-refractivity contribution in [1.29, 1.82) is 0 Å². The van der Waals surface area contributed by atoms with Gasteiger partial charge in [-0.05, 0) is 24.3 Å². The number of ether oxygens (including phenoxy) is 1. The molecule has 1 aliphatic rings. The lowest BCUT2D eigenvalue weighted by atomic mass is 10.1. The maximum absolute atomic E-state index is 13.1. The number of nitrogens with zero attached hydrogens (tertiary/aromatic N) is 2. The Morgan fingerprint density at radius 2 is 1.73 bits per heavy atom. The van der Waals surface area contributed by atoms with Crippen LogP contribution in [0.1, 0.15) is 17.3 Å². The molecule has 0 spiro atoms. The molecule has 4 amide bonds. The first-order valence-corrected chi connectivity index (χ1v) is 9.08. The molecule has 0 radical (unpaired) electrons. The zero-order valence-corrected chi connectivity index (χ0v) is 16.2. The number of carbonyl (C=O) groups excluding carboxylic acids is 4. The average molecular weight is 403 g/mol. The highest BCUT2D eigenvalue weighted by Gasteiger charge is 2.38. The molecule has 0 unspecified atom stereocenters. The van der Waals surface area contributed by atoms with E-state index in [1.54, 1.807) is 54.7 Å². The first-order valence-electron chi connectivity index (χ1n) is 9.08. The Morgan fingerprint density at radius 1 is 1.03 bits per heavy atom. The largest absolute Gasteiger partial charge is 0.495 e. The summed E-state index contributed by atoms with van der Waals surface area (Å²) in [6.07, 6.45) is 2.94. The van der Waals surface area contributed by atoms with Crippen molar-refractivity contribution < 1.29 is 23.9 Å². The molecule has 8 nitrogen and oxygen atoms in total. The zero-order valence-electron chi connectivity index (χ0n) is 16.2. The molecule has 30 heavy (non-hydrogen) atoms. The lowest BCUT2D eigenvalue weighted by molar-refractivity contribution is -0.122. The molecule has 1 saturated heterocycles. The lowest BCUT2D eigenvalue weighted by Gasteiger charge is -2.27. The van der Waals surface area contributed by atoms with Crippen LogP contribution in [-0.4, -0.2) is 35.4 Å². The fourth-order valence-electron chi connectivity index (χ4n) is 3.43. The summed E-state index contributed by atoms with van der Waals surface area (Å²) >= 11 is 0. The maximum atomic E-state index is 13.1. The highest BCUT2D eigenvalue weighted by Crippen LogP contribution is 2.31. The summed E-state index contributed by atoms with van der Waals surface area (Å²) in [4.78, 5) is 50.9. The number of barbiturate groups is 1. The standard InChI is InChI=1S/C22H17N3O5/c1-13(26)24-12-14(15-7-3-4-8-17(15)24)11-16-20(27)23-22(29)25(21(16)28)18-9-5-6-10-19(18)30-2/h3-12H,1-2H3,(H,23,27,29). The Kier molecular flexibility index (Phi) is 4.67. The Hall–Kier alpha value is -4.20. The van der Waals surface area contributed by atoms with E-state index in [-0.39, 0.29) is 17.2 Å². The molecule has 3 aromatic rings. The number of rotatable bonds is 3. The van der Waals surface area contributed by atoms with Crippen molar-refractivity contribution in [3.8, 4) is 5.75 Å². The van der Waals surface area contributed by atoms with Crippen molar-refractivity contribution in [1.82, 2.24) is 9.88 Å². The number of imide groups is 2. The quantitative estimate of drug-likeness (QED) is 0.536. The summed E-state index contributed by atoms with van der Waals surface area (Å²) in [7, 11) is 1.42. The van der Waals surface area contributed by atoms with Gasteiger partial charge in [-0.15, -0.1) is 0 Å². The van der Waals surface area contributed by atoms with Gasteiger partial charge in [-0.3, -0.25) is 24.3 Å². The Bertz CT molecular complexity index is 1250. The number of nitrogens with one attached hydrogen (secondary N) is 1. The van der Waals surface area contributed by atoms with Gasteiger partial charge in [0.05, 0.1) is 18.3 Å². The highest BCUT2D eigenvalue weighted by atomic mass is 16.5. The molecular formula is C22H17N3O5. The summed E-state index contributed by atoms with van der Waals surface area (Å²) in [5.74, 6) is -1.49. The van der Waals surface area contributed by atoms with E-state index in [2.05, 4.69) is 5.32 Å². The second kappa shape index (κ2) is 7.32. The van der Waals surface area contributed by atoms with Crippen LogP contribution in [0.3, 0.4) is 0 Å². The number of hydrogen-bond acceptors (Lipinski definition) is 5. The van der Waals surface area contributed by atoms with E-state index in [1.807, 2.05) is 0 Å². The van der Waals surface area contributed by atoms with E-state index in [0.29, 0.717) is 22.2 Å². The smallest absolute Gasteiger partial charge is 0.336 e. The molecule has 4 rings (SSSR count). The van der Waals surface area contributed by atoms with Gasteiger partial charge in [0.15, 0.2) is 0 Å². The summed E-state index contributed by atoms with van der Waals surface area (Å²) in [6, 6.07) is 12.8. The first kappa shape index (κ1) is 19.1. The van der Waals surface area contributed by atoms with E-state index < -0.39 is 17.8 Å². The Morgan fingerprint density at radius 3 is 2.47 bits per heavy atom. The molecule has 1 aliphatic heterocycles. The monoisotopic (exact) mass is 403 g/mol. The van der Waals surface area contributed by atoms with Crippen molar-refractivity contribution >= 4 is 46.4 Å². The molecule has 150 valence electrons. The molecule has 0 saturated carbocycles. The first-order chi connectivity index (χ1) is 14.4. The fraction of sp³-hybridized carbons (Fsp3) is 0.0909. The minimum atomic E-state index is -0.863. The van der Waals surface area contributed by atoms with Crippen molar-refractivity contribution in [2.45, 2.75) is 6.92 Å². The van der Waals surface area contributed by atoms with Gasteiger partial charge >= 0.3 is 6.03 Å². The minimum absolute atomic E-state index is 0.207. The molecule has 0 aliphatic carbocycles. The number of benzene rings is 2. The fourth-order valence-corrected chi connectivity index (χ4v) is 3.43. The van der Waals surface area contributed by atoms with Gasteiger partial charge < -0.3 is 4.74 Å². The average Bonchev–Trinajstić information content (AvgIpc) is 3.10. The van der Waals surface area contributed by atoms with E-state index in [9.17, 15) is 19.2 Å². The van der Waals surface area contributed by atoms with Crippen LogP contribution in [0.25, 0.3) is 17.0 Å². The molecule has 2 aromatic carbocycles. The van der Waals surface area contributed by atoms with Crippen LogP contribution in [0, 0.1) is 0 Å². The zero-order chi connectivity index (χ0) is 21.4. The third-order valence-corrected chi connectivity index (χ3v) is 4.81. The summed E-state index contributed by atoms with van der Waals surface area (Å²) in [6.45, 7) is 1.42. The summed E-state index contributed by atoms with van der Waals surface area (Å²) < 4.78 is 6.68. The SMILES string of the molecule is COc1ccccc1N1C(=O)NC(=O)C(=Cc2cn(C(C)=O)c3ccccc23)C1=O. The second-order valence-electron chi connectivity index (χ2n) is 6.62. The predicted molar refractivity (Wildman–Crippen MR) is 110 cm³/mol. The Labute approximate surface area is 171 Å². The number of hydrogen-bond donors (Lipinski definition) is 1. The lowest BCUT2D eigenvalue weighted by Crippen LogP contribution is -2.54. The molecule has 1 aromatic heterocycles. The molecule has 2 heterocycles. The van der Waals surface area contributed by atoms with Crippen LogP contribution in [0.2, 0.25) is 0 Å². The van der Waals surface area contributed by atoms with E-state index in [1.165, 1.54) is 24.7 Å². The summed E-state index contributed by atoms with van der Waals surface area (Å²) in [5.41, 5.74) is 1.14. The van der Waals surface area contributed by atoms with Crippen molar-refractivity contribution in [2.24, 2.45) is 0 Å². The van der Waals surface area contributed by atoms with E-state index in [0.717, 1.165) is 4.90 Å². The van der Waals surface area contributed by atoms with Crippen molar-refractivity contribution in [3.63, 3.8) is 0 Å². The number of aromatic nitrogens is 1. The molecule has 8 heteroatoms. The number of carbonyl (C=O) groups is 4. The van der Waals surface area contributed by atoms with Gasteiger partial charge in [0.1, 0.15) is 11.3 Å². The maximum Gasteiger partial charge on any atom is 0.336 e. The van der Waals surface area contributed by atoms with Crippen LogP contribution < -0.4 is 15.0 Å². The van der Waals surface area contributed by atoms with Crippen molar-refractivity contribution in [3.05, 3.63) is 65.9 Å². The number of methoxy groups -OCH3 is 1. The van der Waals surface area contributed by atoms with E-state index >= 15 is 0 Å². The van der Waals surface area contributed by atoms with Gasteiger partial charge in [0, 0.05) is 24.1 Å². The number of para-hydroxylation sites is 3. The second-order valence-corrected chi connectivity index (χ2v) is 6.62. The highest BCUT2D eigenvalue weighted by molar-refractivity contribution is 6.39. The van der Waals surface area contributed by atoms with Crippen LogP contribution in [-0.2, 0) is 9.59 Å². The number of urea groups is 1. The van der Waals surface area contributed by atoms with Crippen LogP contribution in [0.5, 0.6) is 5.75 Å².